The first kappa shape index (κ1) is 14.7. The van der Waals surface area contributed by atoms with Gasteiger partial charge in [0.15, 0.2) is 11.5 Å². The highest BCUT2D eigenvalue weighted by Gasteiger charge is 2.20. The lowest BCUT2D eigenvalue weighted by atomic mass is 10.1. The topological polar surface area (TPSA) is 76.5 Å². The normalized spacial score (nSPS) is 14.9. The summed E-state index contributed by atoms with van der Waals surface area (Å²) in [6.07, 6.45) is 3.31. The average Bonchev–Trinajstić information content (AvgIpc) is 3.07. The molecule has 0 aliphatic carbocycles. The zero-order valence-electron chi connectivity index (χ0n) is 13.4. The maximum Gasteiger partial charge on any atom is 0.254 e. The fourth-order valence-electron chi connectivity index (χ4n) is 3.12. The van der Waals surface area contributed by atoms with Crippen molar-refractivity contribution < 1.29 is 4.79 Å². The summed E-state index contributed by atoms with van der Waals surface area (Å²) in [6, 6.07) is 13.2. The van der Waals surface area contributed by atoms with Crippen molar-refractivity contribution in [2.75, 3.05) is 18.8 Å². The number of benzene rings is 1. The number of hydrogen-bond donors (Lipinski definition) is 1. The summed E-state index contributed by atoms with van der Waals surface area (Å²) >= 11 is 0. The van der Waals surface area contributed by atoms with E-state index >= 15 is 0 Å². The van der Waals surface area contributed by atoms with Crippen LogP contribution < -0.4 is 5.73 Å². The molecule has 2 aromatic heterocycles. The summed E-state index contributed by atoms with van der Waals surface area (Å²) in [4.78, 5) is 19.1. The third kappa shape index (κ3) is 2.60. The number of piperidine rings is 1. The van der Waals surface area contributed by atoms with Gasteiger partial charge in [-0.25, -0.2) is 4.98 Å². The Bertz CT molecular complexity index is 881. The number of nitrogen functional groups attached to an aromatic ring is 1. The van der Waals surface area contributed by atoms with E-state index in [4.69, 9.17) is 5.73 Å². The van der Waals surface area contributed by atoms with Crippen LogP contribution in [-0.2, 0) is 0 Å². The van der Waals surface area contributed by atoms with E-state index in [1.165, 1.54) is 6.42 Å². The molecule has 1 aliphatic rings. The molecule has 1 saturated heterocycles. The van der Waals surface area contributed by atoms with Gasteiger partial charge in [-0.05, 0) is 31.4 Å². The molecule has 0 saturated carbocycles. The van der Waals surface area contributed by atoms with Gasteiger partial charge in [0.2, 0.25) is 0 Å². The van der Waals surface area contributed by atoms with Crippen molar-refractivity contribution in [3.63, 3.8) is 0 Å². The fraction of sp³-hybridized carbons (Fsp3) is 0.278. The molecule has 0 atom stereocenters. The molecule has 6 heteroatoms. The molecule has 4 rings (SSSR count). The Morgan fingerprint density at radius 2 is 1.79 bits per heavy atom. The molecular formula is C18H19N5O. The molecule has 1 amide bonds. The predicted molar refractivity (Wildman–Crippen MR) is 92.6 cm³/mol. The van der Waals surface area contributed by atoms with E-state index in [0.29, 0.717) is 22.9 Å². The van der Waals surface area contributed by atoms with Gasteiger partial charge >= 0.3 is 0 Å². The largest absolute Gasteiger partial charge is 0.384 e. The van der Waals surface area contributed by atoms with Crippen molar-refractivity contribution in [3.05, 3.63) is 48.0 Å². The average molecular weight is 321 g/mol. The first-order valence-electron chi connectivity index (χ1n) is 8.23. The number of anilines is 1. The number of nitrogens with zero attached hydrogens (tertiary/aromatic N) is 4. The number of hydrogen-bond acceptors (Lipinski definition) is 4. The van der Waals surface area contributed by atoms with Crippen LogP contribution in [0.2, 0.25) is 0 Å². The third-order valence-electron chi connectivity index (χ3n) is 4.39. The molecule has 1 aromatic carbocycles. The Morgan fingerprint density at radius 1 is 1.04 bits per heavy atom. The highest BCUT2D eigenvalue weighted by atomic mass is 16.2. The first-order valence-corrected chi connectivity index (χ1v) is 8.23. The van der Waals surface area contributed by atoms with Gasteiger partial charge in [0, 0.05) is 24.2 Å². The van der Waals surface area contributed by atoms with Gasteiger partial charge in [-0.3, -0.25) is 4.79 Å². The summed E-state index contributed by atoms with van der Waals surface area (Å²) < 4.78 is 1.58. The second-order valence-electron chi connectivity index (χ2n) is 6.09. The van der Waals surface area contributed by atoms with Gasteiger partial charge in [0.05, 0.1) is 0 Å². The van der Waals surface area contributed by atoms with Crippen LogP contribution in [0, 0.1) is 0 Å². The van der Waals surface area contributed by atoms with Crippen molar-refractivity contribution in [3.8, 4) is 11.4 Å². The third-order valence-corrected chi connectivity index (χ3v) is 4.39. The minimum Gasteiger partial charge on any atom is -0.384 e. The van der Waals surface area contributed by atoms with Crippen molar-refractivity contribution in [2.45, 2.75) is 19.3 Å². The second kappa shape index (κ2) is 5.96. The van der Waals surface area contributed by atoms with Crippen molar-refractivity contribution in [1.29, 1.82) is 0 Å². The van der Waals surface area contributed by atoms with Gasteiger partial charge in [-0.15, -0.1) is 5.10 Å². The number of rotatable bonds is 2. The number of nitrogens with two attached hydrogens (primary N) is 1. The lowest BCUT2D eigenvalue weighted by Crippen LogP contribution is -2.35. The number of amides is 1. The summed E-state index contributed by atoms with van der Waals surface area (Å²) in [6.45, 7) is 1.62. The first-order chi connectivity index (χ1) is 11.7. The minimum atomic E-state index is 0.0214. The number of fused-ring (bicyclic) bond motifs is 1. The van der Waals surface area contributed by atoms with Gasteiger partial charge in [-0.2, -0.15) is 4.52 Å². The number of likely N-dealkylation sites (tertiary alicyclic amines) is 1. The van der Waals surface area contributed by atoms with E-state index in [2.05, 4.69) is 10.1 Å². The van der Waals surface area contributed by atoms with E-state index in [1.54, 1.807) is 16.6 Å². The maximum absolute atomic E-state index is 12.7. The summed E-state index contributed by atoms with van der Waals surface area (Å²) in [5, 5.41) is 4.45. The number of aromatic nitrogens is 3. The second-order valence-corrected chi connectivity index (χ2v) is 6.09. The smallest absolute Gasteiger partial charge is 0.254 e. The van der Waals surface area contributed by atoms with Crippen LogP contribution in [-0.4, -0.2) is 38.5 Å². The van der Waals surface area contributed by atoms with Gasteiger partial charge in [-0.1, -0.05) is 30.3 Å². The molecule has 0 bridgehead atoms. The number of pyridine rings is 1. The minimum absolute atomic E-state index is 0.0214. The molecule has 24 heavy (non-hydrogen) atoms. The van der Waals surface area contributed by atoms with E-state index in [1.807, 2.05) is 35.2 Å². The van der Waals surface area contributed by atoms with Gasteiger partial charge in [0.25, 0.3) is 5.91 Å². The molecule has 3 heterocycles. The molecule has 2 N–H and O–H groups in total. The molecule has 1 aliphatic heterocycles. The summed E-state index contributed by atoms with van der Waals surface area (Å²) in [5.74, 6) is 1.04. The van der Waals surface area contributed by atoms with Crippen LogP contribution in [0.4, 0.5) is 5.82 Å². The van der Waals surface area contributed by atoms with Crippen molar-refractivity contribution in [2.24, 2.45) is 0 Å². The highest BCUT2D eigenvalue weighted by Crippen LogP contribution is 2.20. The Kier molecular flexibility index (Phi) is 3.65. The predicted octanol–water partition coefficient (Wildman–Crippen LogP) is 2.60. The van der Waals surface area contributed by atoms with E-state index in [0.717, 1.165) is 31.5 Å². The van der Waals surface area contributed by atoms with Crippen molar-refractivity contribution in [1.82, 2.24) is 19.5 Å². The van der Waals surface area contributed by atoms with Crippen LogP contribution in [0.1, 0.15) is 29.6 Å². The van der Waals surface area contributed by atoms with Crippen molar-refractivity contribution >= 4 is 17.4 Å². The maximum atomic E-state index is 12.7. The van der Waals surface area contributed by atoms with E-state index in [-0.39, 0.29) is 5.91 Å². The molecular weight excluding hydrogens is 302 g/mol. The molecule has 122 valence electrons. The quantitative estimate of drug-likeness (QED) is 0.787. The van der Waals surface area contributed by atoms with Crippen LogP contribution in [0.5, 0.6) is 0 Å². The molecule has 0 spiro atoms. The summed E-state index contributed by atoms with van der Waals surface area (Å²) in [7, 11) is 0. The Labute approximate surface area is 139 Å². The highest BCUT2D eigenvalue weighted by molar-refractivity contribution is 5.96. The Morgan fingerprint density at radius 3 is 2.54 bits per heavy atom. The summed E-state index contributed by atoms with van der Waals surface area (Å²) in [5.41, 5.74) is 8.20. The SMILES string of the molecule is Nc1cc(C(=O)N2CCCCC2)cc2nc(-c3ccccc3)nn12. The molecule has 6 nitrogen and oxygen atoms in total. The van der Waals surface area contributed by atoms with Gasteiger partial charge < -0.3 is 10.6 Å². The lowest BCUT2D eigenvalue weighted by molar-refractivity contribution is 0.0724. The van der Waals surface area contributed by atoms with Gasteiger partial charge in [0.1, 0.15) is 5.82 Å². The number of carbonyl (C=O) groups excluding carboxylic acids is 1. The van der Waals surface area contributed by atoms with E-state index in [9.17, 15) is 4.79 Å². The van der Waals surface area contributed by atoms with E-state index < -0.39 is 0 Å². The monoisotopic (exact) mass is 321 g/mol. The molecule has 0 unspecified atom stereocenters. The standard InChI is InChI=1S/C18H19N5O/c19-15-11-14(18(24)22-9-5-2-6-10-22)12-16-20-17(21-23(15)16)13-7-3-1-4-8-13/h1,3-4,7-8,11-12H,2,5-6,9-10,19H2. The molecule has 3 aromatic rings. The van der Waals surface area contributed by atoms with Crippen LogP contribution >= 0.6 is 0 Å². The van der Waals surface area contributed by atoms with Crippen LogP contribution in [0.25, 0.3) is 17.0 Å². The van der Waals surface area contributed by atoms with Crippen LogP contribution in [0.15, 0.2) is 42.5 Å². The zero-order chi connectivity index (χ0) is 16.5. The van der Waals surface area contributed by atoms with Crippen LogP contribution in [0.3, 0.4) is 0 Å². The number of carbonyl (C=O) groups is 1. The Balaban J connectivity index is 1.72. The lowest BCUT2D eigenvalue weighted by Gasteiger charge is -2.26. The molecule has 0 radical (unpaired) electrons. The molecule has 1 fully saturated rings. The fourth-order valence-corrected chi connectivity index (χ4v) is 3.12. The Hall–Kier alpha value is -2.89. The zero-order valence-corrected chi connectivity index (χ0v) is 13.4.